The summed E-state index contributed by atoms with van der Waals surface area (Å²) >= 11 is 0. The first-order chi connectivity index (χ1) is 12.0. The summed E-state index contributed by atoms with van der Waals surface area (Å²) in [5.41, 5.74) is 3.39. The molecule has 2 N–H and O–H groups in total. The SMILES string of the molecule is C/C=C1/C(=O)C2C(O)=CC=C(Nc3ccc(C)cc3)C2C(=O)/C1=C/C. The van der Waals surface area contributed by atoms with E-state index >= 15 is 0 Å². The number of anilines is 1. The van der Waals surface area contributed by atoms with E-state index in [1.807, 2.05) is 31.2 Å². The molecule has 128 valence electrons. The Kier molecular flexibility index (Phi) is 4.45. The minimum Gasteiger partial charge on any atom is -0.512 e. The van der Waals surface area contributed by atoms with Gasteiger partial charge in [0.1, 0.15) is 5.76 Å². The molecule has 2 aliphatic rings. The van der Waals surface area contributed by atoms with E-state index in [9.17, 15) is 14.7 Å². The van der Waals surface area contributed by atoms with Crippen molar-refractivity contribution in [1.29, 1.82) is 0 Å². The summed E-state index contributed by atoms with van der Waals surface area (Å²) in [6.45, 7) is 5.48. The number of rotatable bonds is 2. The van der Waals surface area contributed by atoms with Crippen molar-refractivity contribution >= 4 is 17.3 Å². The second-order valence-corrected chi connectivity index (χ2v) is 6.29. The van der Waals surface area contributed by atoms with Crippen LogP contribution in [0.3, 0.4) is 0 Å². The van der Waals surface area contributed by atoms with Gasteiger partial charge in [0.25, 0.3) is 0 Å². The van der Waals surface area contributed by atoms with Gasteiger partial charge in [0.05, 0.1) is 11.8 Å². The molecule has 1 saturated carbocycles. The molecule has 1 aromatic rings. The zero-order valence-electron chi connectivity index (χ0n) is 14.5. The summed E-state index contributed by atoms with van der Waals surface area (Å²) in [5, 5.41) is 13.5. The van der Waals surface area contributed by atoms with Gasteiger partial charge in [-0.25, -0.2) is 0 Å². The van der Waals surface area contributed by atoms with Gasteiger partial charge in [0.15, 0.2) is 11.6 Å². The van der Waals surface area contributed by atoms with Crippen LogP contribution in [-0.4, -0.2) is 16.7 Å². The highest BCUT2D eigenvalue weighted by molar-refractivity contribution is 6.21. The van der Waals surface area contributed by atoms with Crippen LogP contribution in [0.5, 0.6) is 0 Å². The van der Waals surface area contributed by atoms with Gasteiger partial charge in [0, 0.05) is 22.5 Å². The van der Waals surface area contributed by atoms with Crippen LogP contribution in [0.15, 0.2) is 71.2 Å². The van der Waals surface area contributed by atoms with Crippen molar-refractivity contribution in [2.45, 2.75) is 20.8 Å². The Morgan fingerprint density at radius 3 is 2.04 bits per heavy atom. The Balaban J connectivity index is 2.03. The number of aliphatic hydroxyl groups is 1. The van der Waals surface area contributed by atoms with Gasteiger partial charge < -0.3 is 10.4 Å². The molecule has 0 heterocycles. The summed E-state index contributed by atoms with van der Waals surface area (Å²) < 4.78 is 0. The monoisotopic (exact) mass is 335 g/mol. The highest BCUT2D eigenvalue weighted by atomic mass is 16.3. The van der Waals surface area contributed by atoms with Crippen molar-refractivity contribution in [2.75, 3.05) is 5.32 Å². The highest BCUT2D eigenvalue weighted by Gasteiger charge is 2.47. The van der Waals surface area contributed by atoms with Gasteiger partial charge in [-0.1, -0.05) is 29.8 Å². The number of aliphatic hydroxyl groups excluding tert-OH is 1. The van der Waals surface area contributed by atoms with E-state index in [0.29, 0.717) is 16.8 Å². The van der Waals surface area contributed by atoms with Crippen molar-refractivity contribution < 1.29 is 14.7 Å². The fourth-order valence-electron chi connectivity index (χ4n) is 3.43. The first-order valence-electron chi connectivity index (χ1n) is 8.33. The van der Waals surface area contributed by atoms with E-state index in [1.54, 1.807) is 32.1 Å². The van der Waals surface area contributed by atoms with Crippen molar-refractivity contribution in [3.05, 3.63) is 76.7 Å². The molecular formula is C21H21NO3. The van der Waals surface area contributed by atoms with E-state index in [4.69, 9.17) is 0 Å². The molecule has 0 bridgehead atoms. The fourth-order valence-corrected chi connectivity index (χ4v) is 3.43. The first-order valence-corrected chi connectivity index (χ1v) is 8.33. The first kappa shape index (κ1) is 17.0. The minimum absolute atomic E-state index is 0.0627. The maximum Gasteiger partial charge on any atom is 0.174 e. The lowest BCUT2D eigenvalue weighted by Crippen LogP contribution is -2.43. The standard InChI is InChI=1S/C21H21NO3/c1-4-14-15(5-2)21(25)19-17(23)11-10-16(18(19)20(14)24)22-13-8-6-12(3)7-9-13/h4-11,18-19,22-23H,1-3H3/b14-4+,15-5+. The quantitative estimate of drug-likeness (QED) is 0.801. The largest absolute Gasteiger partial charge is 0.512 e. The number of aryl methyl sites for hydroxylation is 1. The van der Waals surface area contributed by atoms with E-state index in [0.717, 1.165) is 11.3 Å². The summed E-state index contributed by atoms with van der Waals surface area (Å²) in [6, 6.07) is 7.79. The summed E-state index contributed by atoms with van der Waals surface area (Å²) in [6.07, 6.45) is 6.49. The molecule has 0 radical (unpaired) electrons. The summed E-state index contributed by atoms with van der Waals surface area (Å²) in [5.74, 6) is -2.02. The molecule has 0 aromatic heterocycles. The highest BCUT2D eigenvalue weighted by Crippen LogP contribution is 2.41. The number of hydrogen-bond donors (Lipinski definition) is 2. The lowest BCUT2D eigenvalue weighted by Gasteiger charge is -2.35. The average molecular weight is 335 g/mol. The average Bonchev–Trinajstić information content (AvgIpc) is 2.61. The zero-order valence-corrected chi connectivity index (χ0v) is 14.5. The number of carbonyl (C=O) groups is 2. The van der Waals surface area contributed by atoms with Gasteiger partial charge in [0.2, 0.25) is 0 Å². The number of allylic oxidation sites excluding steroid dienone is 8. The Bertz CT molecular complexity index is 854. The normalized spacial score (nSPS) is 26.4. The Labute approximate surface area is 147 Å². The molecule has 0 aliphatic heterocycles. The van der Waals surface area contributed by atoms with Crippen LogP contribution in [0.2, 0.25) is 0 Å². The van der Waals surface area contributed by atoms with Gasteiger partial charge in [-0.15, -0.1) is 0 Å². The van der Waals surface area contributed by atoms with Crippen LogP contribution in [-0.2, 0) is 9.59 Å². The molecule has 0 spiro atoms. The fraction of sp³-hybridized carbons (Fsp3) is 0.238. The smallest absolute Gasteiger partial charge is 0.174 e. The predicted octanol–water partition coefficient (Wildman–Crippen LogP) is 4.02. The molecule has 1 fully saturated rings. The molecule has 1 aromatic carbocycles. The van der Waals surface area contributed by atoms with Gasteiger partial charge >= 0.3 is 0 Å². The van der Waals surface area contributed by atoms with Crippen LogP contribution >= 0.6 is 0 Å². The van der Waals surface area contributed by atoms with E-state index in [2.05, 4.69) is 5.32 Å². The number of Topliss-reactive ketones (excluding diaryl/α,β-unsaturated/α-hetero) is 2. The van der Waals surface area contributed by atoms with E-state index in [1.165, 1.54) is 6.08 Å². The third-order valence-corrected chi connectivity index (χ3v) is 4.72. The van der Waals surface area contributed by atoms with Gasteiger partial charge in [-0.2, -0.15) is 0 Å². The van der Waals surface area contributed by atoms with Crippen LogP contribution in [0.1, 0.15) is 19.4 Å². The number of benzene rings is 1. The van der Waals surface area contributed by atoms with E-state index < -0.39 is 11.8 Å². The molecule has 2 aliphatic carbocycles. The van der Waals surface area contributed by atoms with Crippen molar-refractivity contribution in [1.82, 2.24) is 0 Å². The van der Waals surface area contributed by atoms with E-state index in [-0.39, 0.29) is 17.3 Å². The number of nitrogens with one attached hydrogen (secondary N) is 1. The van der Waals surface area contributed by atoms with Crippen LogP contribution in [0.4, 0.5) is 5.69 Å². The number of hydrogen-bond acceptors (Lipinski definition) is 4. The Morgan fingerprint density at radius 1 is 0.920 bits per heavy atom. The number of carbonyl (C=O) groups excluding carboxylic acids is 2. The Hall–Kier alpha value is -2.88. The molecule has 3 rings (SSSR count). The maximum absolute atomic E-state index is 13.0. The molecule has 4 heteroatoms. The lowest BCUT2D eigenvalue weighted by molar-refractivity contribution is -0.129. The molecule has 0 amide bonds. The topological polar surface area (TPSA) is 66.4 Å². The summed E-state index contributed by atoms with van der Waals surface area (Å²) in [4.78, 5) is 25.9. The zero-order chi connectivity index (χ0) is 18.1. The van der Waals surface area contributed by atoms with Crippen LogP contribution in [0.25, 0.3) is 0 Å². The lowest BCUT2D eigenvalue weighted by atomic mass is 9.68. The molecular weight excluding hydrogens is 314 g/mol. The van der Waals surface area contributed by atoms with Gasteiger partial charge in [-0.05, 0) is 45.1 Å². The predicted molar refractivity (Wildman–Crippen MR) is 98.1 cm³/mol. The second-order valence-electron chi connectivity index (χ2n) is 6.29. The number of fused-ring (bicyclic) bond motifs is 1. The molecule has 2 atom stereocenters. The second kappa shape index (κ2) is 6.55. The molecule has 25 heavy (non-hydrogen) atoms. The minimum atomic E-state index is -0.861. The molecule has 4 nitrogen and oxygen atoms in total. The van der Waals surface area contributed by atoms with Crippen molar-refractivity contribution in [3.63, 3.8) is 0 Å². The maximum atomic E-state index is 13.0. The Morgan fingerprint density at radius 2 is 1.48 bits per heavy atom. The van der Waals surface area contributed by atoms with Crippen LogP contribution in [0, 0.1) is 18.8 Å². The molecule has 0 saturated heterocycles. The number of ketones is 2. The van der Waals surface area contributed by atoms with Crippen molar-refractivity contribution in [3.8, 4) is 0 Å². The summed E-state index contributed by atoms with van der Waals surface area (Å²) in [7, 11) is 0. The van der Waals surface area contributed by atoms with Crippen LogP contribution < -0.4 is 5.32 Å². The third kappa shape index (κ3) is 2.84. The molecule has 2 unspecified atom stereocenters. The van der Waals surface area contributed by atoms with Crippen molar-refractivity contribution in [2.24, 2.45) is 11.8 Å². The van der Waals surface area contributed by atoms with Gasteiger partial charge in [-0.3, -0.25) is 9.59 Å². The third-order valence-electron chi connectivity index (χ3n) is 4.72.